The van der Waals surface area contributed by atoms with Crippen LogP contribution >= 0.6 is 11.8 Å². The number of halogens is 5. The second-order valence-electron chi connectivity index (χ2n) is 6.39. The lowest BCUT2D eigenvalue weighted by atomic mass is 9.90. The molecule has 0 saturated carbocycles. The summed E-state index contributed by atoms with van der Waals surface area (Å²) in [4.78, 5) is 14.5. The summed E-state index contributed by atoms with van der Waals surface area (Å²) >= 11 is 1.24. The summed E-state index contributed by atoms with van der Waals surface area (Å²) in [5.74, 6) is -5.72. The van der Waals surface area contributed by atoms with Crippen LogP contribution in [0.2, 0.25) is 0 Å². The maximum atomic E-state index is 14.9. The number of ether oxygens (including phenoxy) is 1. The number of hydrogen-bond donors (Lipinski definition) is 1. The van der Waals surface area contributed by atoms with Crippen LogP contribution in [0.25, 0.3) is 0 Å². The zero-order valence-corrected chi connectivity index (χ0v) is 16.2. The summed E-state index contributed by atoms with van der Waals surface area (Å²) in [6.45, 7) is 0.180. The number of piperidine rings is 1. The molecular formula is C17H18F5N5OS. The van der Waals surface area contributed by atoms with E-state index < -0.39 is 30.4 Å². The van der Waals surface area contributed by atoms with Gasteiger partial charge in [0.05, 0.1) is 11.3 Å². The lowest BCUT2D eigenvalue weighted by Crippen LogP contribution is -2.31. The molecule has 1 aliphatic heterocycles. The smallest absolute Gasteiger partial charge is 0.451 e. The Balaban J connectivity index is 1.83. The van der Waals surface area contributed by atoms with Crippen LogP contribution in [0.15, 0.2) is 23.6 Å². The second kappa shape index (κ2) is 8.74. The largest absolute Gasteiger partial charge is 0.471 e. The fourth-order valence-electron chi connectivity index (χ4n) is 2.97. The van der Waals surface area contributed by atoms with Crippen molar-refractivity contribution in [2.24, 2.45) is 0 Å². The fraction of sp³-hybridized carbons (Fsp3) is 0.529. The van der Waals surface area contributed by atoms with Gasteiger partial charge in [-0.15, -0.1) is 0 Å². The monoisotopic (exact) mass is 435 g/mol. The van der Waals surface area contributed by atoms with Crippen LogP contribution < -0.4 is 10.1 Å². The molecule has 3 heterocycles. The molecule has 0 atom stereocenters. The fourth-order valence-corrected chi connectivity index (χ4v) is 3.31. The van der Waals surface area contributed by atoms with E-state index in [1.165, 1.54) is 11.8 Å². The molecule has 3 rings (SSSR count). The topological polar surface area (TPSA) is 72.8 Å². The van der Waals surface area contributed by atoms with Gasteiger partial charge in [-0.25, -0.2) is 15.0 Å². The molecule has 0 unspecified atom stereocenters. The highest BCUT2D eigenvalue weighted by Gasteiger charge is 2.39. The summed E-state index contributed by atoms with van der Waals surface area (Å²) in [6.07, 6.45) is 0.118. The van der Waals surface area contributed by atoms with Crippen LogP contribution in [0.5, 0.6) is 5.88 Å². The molecule has 12 heteroatoms. The predicted octanol–water partition coefficient (Wildman–Crippen LogP) is 3.65. The van der Waals surface area contributed by atoms with Crippen molar-refractivity contribution in [3.05, 3.63) is 35.5 Å². The van der Waals surface area contributed by atoms with Gasteiger partial charge in [-0.3, -0.25) is 0 Å². The highest BCUT2D eigenvalue weighted by atomic mass is 32.2. The lowest BCUT2D eigenvalue weighted by molar-refractivity contribution is -0.145. The first kappa shape index (κ1) is 21.6. The first-order valence-corrected chi connectivity index (χ1v) is 9.96. The summed E-state index contributed by atoms with van der Waals surface area (Å²) < 4.78 is 72.8. The van der Waals surface area contributed by atoms with E-state index in [0.717, 1.165) is 18.5 Å². The van der Waals surface area contributed by atoms with Crippen LogP contribution in [0.1, 0.15) is 35.8 Å². The molecule has 2 aromatic heterocycles. The van der Waals surface area contributed by atoms with Crippen molar-refractivity contribution in [2.45, 2.75) is 36.0 Å². The predicted molar refractivity (Wildman–Crippen MR) is 95.1 cm³/mol. The molecule has 29 heavy (non-hydrogen) atoms. The molecule has 158 valence electrons. The summed E-state index contributed by atoms with van der Waals surface area (Å²) in [5.41, 5.74) is -0.134. The van der Waals surface area contributed by atoms with Crippen LogP contribution in [0, 0.1) is 0 Å². The van der Waals surface area contributed by atoms with E-state index in [1.807, 2.05) is 0 Å². The van der Waals surface area contributed by atoms with Crippen molar-refractivity contribution >= 4 is 11.8 Å². The Hall–Kier alpha value is -2.08. The van der Waals surface area contributed by atoms with Crippen molar-refractivity contribution in [1.82, 2.24) is 25.3 Å². The number of alkyl halides is 5. The van der Waals surface area contributed by atoms with Crippen molar-refractivity contribution < 1.29 is 26.7 Å². The SMILES string of the molecule is CSc1ncc(C(F)(F)COc2ccnc(C(F)(F)F)n2)c(C2CCNCC2)n1. The minimum absolute atomic E-state index is 0.165. The number of hydrogen-bond acceptors (Lipinski definition) is 7. The van der Waals surface area contributed by atoms with E-state index in [0.29, 0.717) is 31.1 Å². The molecule has 0 amide bonds. The van der Waals surface area contributed by atoms with Gasteiger partial charge in [-0.2, -0.15) is 26.9 Å². The highest BCUT2D eigenvalue weighted by Crippen LogP contribution is 2.37. The van der Waals surface area contributed by atoms with Crippen molar-refractivity contribution in [1.29, 1.82) is 0 Å². The molecule has 0 spiro atoms. The Labute approximate surface area is 167 Å². The molecule has 2 aromatic rings. The lowest BCUT2D eigenvalue weighted by Gasteiger charge is -2.27. The van der Waals surface area contributed by atoms with Gasteiger partial charge in [0.1, 0.15) is 0 Å². The molecule has 0 bridgehead atoms. The number of thioether (sulfide) groups is 1. The first-order valence-electron chi connectivity index (χ1n) is 8.73. The molecular weight excluding hydrogens is 417 g/mol. The molecule has 6 nitrogen and oxygen atoms in total. The molecule has 0 radical (unpaired) electrons. The average Bonchev–Trinajstić information content (AvgIpc) is 2.72. The number of aromatic nitrogens is 4. The third-order valence-corrected chi connectivity index (χ3v) is 4.95. The molecule has 1 N–H and O–H groups in total. The minimum Gasteiger partial charge on any atom is -0.471 e. The highest BCUT2D eigenvalue weighted by molar-refractivity contribution is 7.98. The second-order valence-corrected chi connectivity index (χ2v) is 7.16. The van der Waals surface area contributed by atoms with Gasteiger partial charge in [0, 0.05) is 24.4 Å². The summed E-state index contributed by atoms with van der Waals surface area (Å²) in [5, 5.41) is 3.55. The van der Waals surface area contributed by atoms with E-state index in [2.05, 4.69) is 25.3 Å². The maximum absolute atomic E-state index is 14.9. The number of nitrogens with one attached hydrogen (secondary N) is 1. The Kier molecular flexibility index (Phi) is 6.52. The summed E-state index contributed by atoms with van der Waals surface area (Å²) in [6, 6.07) is 0.992. The molecule has 0 aliphatic carbocycles. The standard InChI is InChI=1S/C17H18F5N5OS/c1-29-15-25-8-11(13(27-15)10-2-5-23-6-3-10)16(18,19)9-28-12-4-7-24-14(26-12)17(20,21)22/h4,7-8,10,23H,2-3,5-6,9H2,1H3. The van der Waals surface area contributed by atoms with Crippen LogP contribution in [-0.2, 0) is 12.1 Å². The van der Waals surface area contributed by atoms with Crippen LogP contribution in [0.4, 0.5) is 22.0 Å². The third kappa shape index (κ3) is 5.30. The zero-order valence-electron chi connectivity index (χ0n) is 15.3. The quantitative estimate of drug-likeness (QED) is 0.422. The number of nitrogens with zero attached hydrogens (tertiary/aromatic N) is 4. The third-order valence-electron chi connectivity index (χ3n) is 4.38. The Morgan fingerprint density at radius 1 is 1.14 bits per heavy atom. The van der Waals surface area contributed by atoms with Gasteiger partial charge in [-0.1, -0.05) is 11.8 Å². The normalized spacial score (nSPS) is 16.1. The van der Waals surface area contributed by atoms with Crippen LogP contribution in [-0.4, -0.2) is 45.9 Å². The van der Waals surface area contributed by atoms with Crippen molar-refractivity contribution in [3.8, 4) is 5.88 Å². The number of rotatable bonds is 6. The van der Waals surface area contributed by atoms with Crippen molar-refractivity contribution in [2.75, 3.05) is 26.0 Å². The van der Waals surface area contributed by atoms with Crippen molar-refractivity contribution in [3.63, 3.8) is 0 Å². The summed E-state index contributed by atoms with van der Waals surface area (Å²) in [7, 11) is 0. The van der Waals surface area contributed by atoms with E-state index in [1.54, 1.807) is 6.26 Å². The Morgan fingerprint density at radius 2 is 1.86 bits per heavy atom. The first-order chi connectivity index (χ1) is 13.7. The molecule has 0 aromatic carbocycles. The average molecular weight is 435 g/mol. The van der Waals surface area contributed by atoms with Gasteiger partial charge < -0.3 is 10.1 Å². The van der Waals surface area contributed by atoms with Gasteiger partial charge in [0.15, 0.2) is 11.8 Å². The van der Waals surface area contributed by atoms with Gasteiger partial charge in [0.25, 0.3) is 0 Å². The van der Waals surface area contributed by atoms with E-state index in [9.17, 15) is 22.0 Å². The Bertz CT molecular complexity index is 845. The van der Waals surface area contributed by atoms with Gasteiger partial charge in [-0.05, 0) is 32.2 Å². The Morgan fingerprint density at radius 3 is 2.52 bits per heavy atom. The molecule has 1 fully saturated rings. The van der Waals surface area contributed by atoms with Gasteiger partial charge >= 0.3 is 12.1 Å². The maximum Gasteiger partial charge on any atom is 0.451 e. The van der Waals surface area contributed by atoms with Gasteiger partial charge in [0.2, 0.25) is 11.7 Å². The molecule has 1 aliphatic rings. The minimum atomic E-state index is -4.80. The zero-order chi connectivity index (χ0) is 21.1. The van der Waals surface area contributed by atoms with E-state index >= 15 is 0 Å². The van der Waals surface area contributed by atoms with E-state index in [4.69, 9.17) is 4.74 Å². The van der Waals surface area contributed by atoms with E-state index in [-0.39, 0.29) is 17.2 Å². The molecule has 1 saturated heterocycles. The van der Waals surface area contributed by atoms with Crippen LogP contribution in [0.3, 0.4) is 0 Å².